The molecule has 5 rings (SSSR count). The highest BCUT2D eigenvalue weighted by Crippen LogP contribution is 2.73. The Morgan fingerprint density at radius 2 is 1.81 bits per heavy atom. The highest BCUT2D eigenvalue weighted by molar-refractivity contribution is 5.50. The normalized spacial score (nSPS) is 68.1. The Bertz CT molecular complexity index is 366. The molecule has 1 heterocycles. The van der Waals surface area contributed by atoms with Crippen molar-refractivity contribution in [3.63, 3.8) is 0 Å². The van der Waals surface area contributed by atoms with Gasteiger partial charge in [-0.05, 0) is 60.7 Å². The summed E-state index contributed by atoms with van der Waals surface area (Å²) in [5, 5.41) is 0. The molecule has 0 aromatic heterocycles. The van der Waals surface area contributed by atoms with Gasteiger partial charge in [0.2, 0.25) is 0 Å². The van der Waals surface area contributed by atoms with E-state index >= 15 is 0 Å². The lowest BCUT2D eigenvalue weighted by atomic mass is 9.67. The Morgan fingerprint density at radius 1 is 1.00 bits per heavy atom. The number of aldehydes is 1. The van der Waals surface area contributed by atoms with Crippen LogP contribution in [0.25, 0.3) is 0 Å². The molecule has 2 nitrogen and oxygen atoms in total. The van der Waals surface area contributed by atoms with E-state index in [1.807, 2.05) is 0 Å². The molecular weight excluding hydrogens is 200 g/mol. The van der Waals surface area contributed by atoms with Crippen molar-refractivity contribution in [2.45, 2.75) is 37.9 Å². The minimum absolute atomic E-state index is 0.655. The molecule has 0 aromatic carbocycles. The van der Waals surface area contributed by atoms with Gasteiger partial charge in [0.1, 0.15) is 6.29 Å². The smallest absolute Gasteiger partial charge is 0.120 e. The second-order valence-electron chi connectivity index (χ2n) is 6.84. The number of hydrogen-bond donors (Lipinski definition) is 0. The zero-order chi connectivity index (χ0) is 10.4. The van der Waals surface area contributed by atoms with Crippen LogP contribution in [-0.2, 0) is 9.53 Å². The van der Waals surface area contributed by atoms with Crippen molar-refractivity contribution < 1.29 is 9.53 Å². The molecule has 4 aliphatic carbocycles. The Labute approximate surface area is 95.7 Å². The molecule has 16 heavy (non-hydrogen) atoms. The molecule has 0 N–H and O–H groups in total. The molecule has 4 bridgehead atoms. The van der Waals surface area contributed by atoms with E-state index in [9.17, 15) is 4.79 Å². The van der Waals surface area contributed by atoms with Gasteiger partial charge in [-0.3, -0.25) is 0 Å². The fourth-order valence-corrected chi connectivity index (χ4v) is 6.38. The first-order valence-electron chi connectivity index (χ1n) is 6.97. The highest BCUT2D eigenvalue weighted by atomic mass is 16.6. The van der Waals surface area contributed by atoms with Gasteiger partial charge in [0.25, 0.3) is 0 Å². The lowest BCUT2D eigenvalue weighted by Crippen LogP contribution is -2.35. The topological polar surface area (TPSA) is 29.6 Å². The summed E-state index contributed by atoms with van der Waals surface area (Å²) in [5.74, 6) is 6.36. The molecule has 4 saturated carbocycles. The quantitative estimate of drug-likeness (QED) is 0.402. The van der Waals surface area contributed by atoms with Gasteiger partial charge in [-0.25, -0.2) is 0 Å². The van der Waals surface area contributed by atoms with Crippen molar-refractivity contribution >= 4 is 6.29 Å². The van der Waals surface area contributed by atoms with Gasteiger partial charge in [0.05, 0.1) is 12.2 Å². The van der Waals surface area contributed by atoms with Gasteiger partial charge in [-0.2, -0.15) is 0 Å². The van der Waals surface area contributed by atoms with E-state index in [0.717, 1.165) is 54.1 Å². The van der Waals surface area contributed by atoms with Crippen molar-refractivity contribution in [2.24, 2.45) is 41.4 Å². The van der Waals surface area contributed by atoms with Crippen LogP contribution >= 0.6 is 0 Å². The van der Waals surface area contributed by atoms with E-state index in [-0.39, 0.29) is 0 Å². The van der Waals surface area contributed by atoms with Gasteiger partial charge >= 0.3 is 0 Å². The van der Waals surface area contributed by atoms with Crippen molar-refractivity contribution in [2.75, 3.05) is 0 Å². The van der Waals surface area contributed by atoms with E-state index in [4.69, 9.17) is 4.74 Å². The fraction of sp³-hybridized carbons (Fsp3) is 0.929. The lowest BCUT2D eigenvalue weighted by molar-refractivity contribution is -0.109. The summed E-state index contributed by atoms with van der Waals surface area (Å²) < 4.78 is 5.83. The molecule has 1 aliphatic heterocycles. The summed E-state index contributed by atoms with van der Waals surface area (Å²) in [6.07, 6.45) is 7.58. The van der Waals surface area contributed by atoms with Crippen LogP contribution in [0.15, 0.2) is 0 Å². The molecule has 2 heteroatoms. The molecule has 9 unspecified atom stereocenters. The first-order chi connectivity index (χ1) is 7.88. The molecule has 0 aromatic rings. The van der Waals surface area contributed by atoms with Crippen molar-refractivity contribution in [1.29, 1.82) is 0 Å². The zero-order valence-electron chi connectivity index (χ0n) is 9.42. The second-order valence-corrected chi connectivity index (χ2v) is 6.84. The van der Waals surface area contributed by atoms with Crippen molar-refractivity contribution in [3.8, 4) is 0 Å². The molecule has 5 aliphatic rings. The molecule has 9 atom stereocenters. The summed E-state index contributed by atoms with van der Waals surface area (Å²) >= 11 is 0. The Hall–Kier alpha value is -0.370. The third-order valence-electron chi connectivity index (χ3n) is 6.61. The van der Waals surface area contributed by atoms with E-state index < -0.39 is 0 Å². The predicted molar refractivity (Wildman–Crippen MR) is 57.6 cm³/mol. The molecule has 1 saturated heterocycles. The minimum Gasteiger partial charge on any atom is -0.369 e. The van der Waals surface area contributed by atoms with Crippen LogP contribution in [0, 0.1) is 41.4 Å². The highest BCUT2D eigenvalue weighted by Gasteiger charge is 2.73. The summed E-state index contributed by atoms with van der Waals surface area (Å²) in [6.45, 7) is 0. The number of hydrogen-bond acceptors (Lipinski definition) is 2. The second kappa shape index (κ2) is 2.55. The zero-order valence-corrected chi connectivity index (χ0v) is 9.42. The van der Waals surface area contributed by atoms with Gasteiger partial charge in [-0.15, -0.1) is 0 Å². The van der Waals surface area contributed by atoms with Gasteiger partial charge in [0.15, 0.2) is 0 Å². The van der Waals surface area contributed by atoms with Gasteiger partial charge < -0.3 is 9.53 Å². The Balaban J connectivity index is 1.50. The van der Waals surface area contributed by atoms with E-state index in [0.29, 0.717) is 12.2 Å². The van der Waals surface area contributed by atoms with Crippen molar-refractivity contribution in [1.82, 2.24) is 0 Å². The average molecular weight is 218 g/mol. The monoisotopic (exact) mass is 218 g/mol. The average Bonchev–Trinajstić information content (AvgIpc) is 2.67. The maximum Gasteiger partial charge on any atom is 0.120 e. The third kappa shape index (κ3) is 0.785. The van der Waals surface area contributed by atoms with Crippen LogP contribution < -0.4 is 0 Å². The number of epoxide rings is 1. The van der Waals surface area contributed by atoms with E-state index in [1.165, 1.54) is 19.3 Å². The van der Waals surface area contributed by atoms with Crippen LogP contribution in [0.4, 0.5) is 0 Å². The van der Waals surface area contributed by atoms with Crippen LogP contribution in [0.3, 0.4) is 0 Å². The molecule has 0 spiro atoms. The first-order valence-corrected chi connectivity index (χ1v) is 6.97. The van der Waals surface area contributed by atoms with E-state index in [1.54, 1.807) is 0 Å². The minimum atomic E-state index is 0.655. The Kier molecular flexibility index (Phi) is 1.39. The fourth-order valence-electron chi connectivity index (χ4n) is 6.38. The van der Waals surface area contributed by atoms with Gasteiger partial charge in [0, 0.05) is 6.42 Å². The summed E-state index contributed by atoms with van der Waals surface area (Å²) in [6, 6.07) is 0. The van der Waals surface area contributed by atoms with Gasteiger partial charge in [-0.1, -0.05) is 0 Å². The summed E-state index contributed by atoms with van der Waals surface area (Å²) in [5.41, 5.74) is 0. The first kappa shape index (κ1) is 8.68. The van der Waals surface area contributed by atoms with Crippen molar-refractivity contribution in [3.05, 3.63) is 0 Å². The van der Waals surface area contributed by atoms with Crippen LogP contribution in [0.5, 0.6) is 0 Å². The number of carbonyl (C=O) groups is 1. The predicted octanol–water partition coefficient (Wildman–Crippen LogP) is 1.88. The molecule has 5 fully saturated rings. The number of fused-ring (bicyclic) bond motifs is 12. The molecule has 0 radical (unpaired) electrons. The third-order valence-corrected chi connectivity index (χ3v) is 6.61. The molecular formula is C14H18O2. The van der Waals surface area contributed by atoms with E-state index in [2.05, 4.69) is 0 Å². The van der Waals surface area contributed by atoms with Crippen LogP contribution in [-0.4, -0.2) is 18.5 Å². The largest absolute Gasteiger partial charge is 0.369 e. The Morgan fingerprint density at radius 3 is 2.62 bits per heavy atom. The number of rotatable bonds is 2. The SMILES string of the molecule is O=CCC1CC2CC1C1C3CC(C4OC34)C21. The number of carbonyl (C=O) groups excluding carboxylic acids is 1. The summed E-state index contributed by atoms with van der Waals surface area (Å²) in [4.78, 5) is 10.7. The molecule has 0 amide bonds. The lowest BCUT2D eigenvalue weighted by Gasteiger charge is -2.36. The maximum atomic E-state index is 10.7. The molecule has 86 valence electrons. The summed E-state index contributed by atoms with van der Waals surface area (Å²) in [7, 11) is 0. The van der Waals surface area contributed by atoms with Crippen LogP contribution in [0.2, 0.25) is 0 Å². The standard InChI is InChI=1S/C14H18O2/c15-2-1-6-3-7-4-8(6)12-10-5-9(11(7)12)13-14(10)16-13/h2,6-14H,1,3-5H2. The van der Waals surface area contributed by atoms with Crippen LogP contribution in [0.1, 0.15) is 25.7 Å². The maximum absolute atomic E-state index is 10.7. The number of ether oxygens (including phenoxy) is 1.